The maximum atomic E-state index is 14.2. The molecule has 0 aliphatic carbocycles. The van der Waals surface area contributed by atoms with Crippen LogP contribution in [0.25, 0.3) is 20.5 Å². The van der Waals surface area contributed by atoms with E-state index in [-0.39, 0.29) is 5.78 Å². The van der Waals surface area contributed by atoms with Crippen LogP contribution in [-0.4, -0.2) is 62.0 Å². The SMILES string of the molecule is CCN(CC)Cc1ccc(C(=O)c2c(-c3ccc(OCCN4CCCC4)cc3)sc3cc(C)ccc23)cc1OC. The molecule has 0 spiro atoms. The maximum Gasteiger partial charge on any atom is 0.195 e. The van der Waals surface area contributed by atoms with Gasteiger partial charge in [-0.3, -0.25) is 14.6 Å². The lowest BCUT2D eigenvalue weighted by Crippen LogP contribution is -2.25. The van der Waals surface area contributed by atoms with Gasteiger partial charge in [0.1, 0.15) is 18.1 Å². The number of fused-ring (bicyclic) bond motifs is 1. The van der Waals surface area contributed by atoms with Crippen molar-refractivity contribution in [1.29, 1.82) is 0 Å². The van der Waals surface area contributed by atoms with E-state index in [1.165, 1.54) is 31.5 Å². The van der Waals surface area contributed by atoms with Gasteiger partial charge in [0.2, 0.25) is 0 Å². The average Bonchev–Trinajstić information content (AvgIpc) is 3.63. The van der Waals surface area contributed by atoms with E-state index < -0.39 is 0 Å². The van der Waals surface area contributed by atoms with Gasteiger partial charge in [0.15, 0.2) is 5.78 Å². The Bertz CT molecular complexity index is 1450. The van der Waals surface area contributed by atoms with Crippen LogP contribution in [0.1, 0.15) is 53.7 Å². The van der Waals surface area contributed by atoms with Crippen molar-refractivity contribution in [2.24, 2.45) is 0 Å². The van der Waals surface area contributed by atoms with Crippen LogP contribution in [0.2, 0.25) is 0 Å². The highest BCUT2D eigenvalue weighted by Gasteiger charge is 2.23. The smallest absolute Gasteiger partial charge is 0.195 e. The molecular weight excluding hydrogens is 516 g/mol. The maximum absolute atomic E-state index is 14.2. The number of benzene rings is 3. The molecule has 4 aromatic rings. The number of nitrogens with zero attached hydrogens (tertiary/aromatic N) is 2. The summed E-state index contributed by atoms with van der Waals surface area (Å²) in [5.74, 6) is 1.63. The molecule has 1 aliphatic heterocycles. The number of ketones is 1. The Morgan fingerprint density at radius 2 is 1.73 bits per heavy atom. The third-order valence-corrected chi connectivity index (χ3v) is 9.10. The van der Waals surface area contributed by atoms with Gasteiger partial charge in [0, 0.05) is 44.7 Å². The van der Waals surface area contributed by atoms with Crippen molar-refractivity contribution in [3.8, 4) is 21.9 Å². The summed E-state index contributed by atoms with van der Waals surface area (Å²) in [6, 6.07) is 20.4. The van der Waals surface area contributed by atoms with E-state index in [0.29, 0.717) is 12.2 Å². The minimum Gasteiger partial charge on any atom is -0.496 e. The molecule has 0 bridgehead atoms. The van der Waals surface area contributed by atoms with E-state index in [1.807, 2.05) is 30.3 Å². The first-order valence-electron chi connectivity index (χ1n) is 14.4. The minimum absolute atomic E-state index is 0.0173. The van der Waals surface area contributed by atoms with Crippen molar-refractivity contribution in [3.63, 3.8) is 0 Å². The second-order valence-electron chi connectivity index (χ2n) is 10.5. The number of carbonyl (C=O) groups excluding carboxylic acids is 1. The molecule has 0 N–H and O–H groups in total. The summed E-state index contributed by atoms with van der Waals surface area (Å²) in [6.07, 6.45) is 2.58. The molecule has 0 atom stereocenters. The van der Waals surface area contributed by atoms with Gasteiger partial charge in [-0.1, -0.05) is 38.1 Å². The molecule has 1 fully saturated rings. The van der Waals surface area contributed by atoms with Gasteiger partial charge in [0.05, 0.1) is 7.11 Å². The van der Waals surface area contributed by atoms with Crippen LogP contribution >= 0.6 is 11.3 Å². The predicted octanol–water partition coefficient (Wildman–Crippen LogP) is 7.43. The van der Waals surface area contributed by atoms with E-state index in [2.05, 4.69) is 60.9 Å². The van der Waals surface area contributed by atoms with Crippen LogP contribution in [0, 0.1) is 6.92 Å². The number of carbonyl (C=O) groups is 1. The lowest BCUT2D eigenvalue weighted by molar-refractivity contribution is 0.104. The Labute approximate surface area is 242 Å². The summed E-state index contributed by atoms with van der Waals surface area (Å²) in [6.45, 7) is 13.1. The number of ether oxygens (including phenoxy) is 2. The number of rotatable bonds is 12. The number of hydrogen-bond donors (Lipinski definition) is 0. The van der Waals surface area contributed by atoms with Gasteiger partial charge in [-0.05, 0) is 93.5 Å². The van der Waals surface area contributed by atoms with Crippen molar-refractivity contribution < 1.29 is 14.3 Å². The molecule has 0 unspecified atom stereocenters. The first kappa shape index (κ1) is 28.3. The van der Waals surface area contributed by atoms with Gasteiger partial charge < -0.3 is 9.47 Å². The van der Waals surface area contributed by atoms with Gasteiger partial charge in [-0.25, -0.2) is 0 Å². The van der Waals surface area contributed by atoms with Crippen molar-refractivity contribution in [2.75, 3.05) is 46.4 Å². The molecule has 1 aliphatic rings. The van der Waals surface area contributed by atoms with E-state index in [1.54, 1.807) is 18.4 Å². The monoisotopic (exact) mass is 556 g/mol. The van der Waals surface area contributed by atoms with Crippen LogP contribution in [0.4, 0.5) is 0 Å². The van der Waals surface area contributed by atoms with Crippen LogP contribution in [0.5, 0.6) is 11.5 Å². The molecule has 3 aromatic carbocycles. The highest BCUT2D eigenvalue weighted by Crippen LogP contribution is 2.41. The van der Waals surface area contributed by atoms with Crippen LogP contribution in [-0.2, 0) is 6.54 Å². The number of aryl methyl sites for hydroxylation is 1. The number of methoxy groups -OCH3 is 1. The zero-order chi connectivity index (χ0) is 28.1. The standard InChI is InChI=1S/C34H40N2O3S/c1-5-35(6-2)23-27-11-10-26(22-30(27)38-4)33(37)32-29-16-9-24(3)21-31(29)40-34(32)25-12-14-28(15-13-25)39-20-19-36-17-7-8-18-36/h9-16,21-22H,5-8,17-20,23H2,1-4H3. The Morgan fingerprint density at radius 3 is 2.42 bits per heavy atom. The quantitative estimate of drug-likeness (QED) is 0.170. The van der Waals surface area contributed by atoms with Crippen molar-refractivity contribution in [1.82, 2.24) is 9.80 Å². The second-order valence-corrected chi connectivity index (χ2v) is 11.6. The first-order valence-corrected chi connectivity index (χ1v) is 15.2. The Hall–Kier alpha value is -3.19. The summed E-state index contributed by atoms with van der Waals surface area (Å²) >= 11 is 1.68. The fraction of sp³-hybridized carbons (Fsp3) is 0.382. The highest BCUT2D eigenvalue weighted by atomic mass is 32.1. The van der Waals surface area contributed by atoms with E-state index in [4.69, 9.17) is 9.47 Å². The normalized spacial score (nSPS) is 13.8. The molecule has 0 saturated carbocycles. The summed E-state index contributed by atoms with van der Waals surface area (Å²) in [4.78, 5) is 19.9. The van der Waals surface area contributed by atoms with Crippen molar-refractivity contribution >= 4 is 27.2 Å². The summed E-state index contributed by atoms with van der Waals surface area (Å²) in [7, 11) is 1.68. The highest BCUT2D eigenvalue weighted by molar-refractivity contribution is 7.22. The van der Waals surface area contributed by atoms with Crippen LogP contribution < -0.4 is 9.47 Å². The molecule has 2 heterocycles. The molecule has 6 heteroatoms. The lowest BCUT2D eigenvalue weighted by Gasteiger charge is -2.20. The molecule has 210 valence electrons. The number of hydrogen-bond acceptors (Lipinski definition) is 6. The fourth-order valence-electron chi connectivity index (χ4n) is 5.48. The van der Waals surface area contributed by atoms with Crippen molar-refractivity contribution in [3.05, 3.63) is 82.9 Å². The molecule has 0 radical (unpaired) electrons. The third-order valence-electron chi connectivity index (χ3n) is 7.90. The van der Waals surface area contributed by atoms with Gasteiger partial charge >= 0.3 is 0 Å². The zero-order valence-electron chi connectivity index (χ0n) is 24.2. The van der Waals surface area contributed by atoms with Crippen LogP contribution in [0.3, 0.4) is 0 Å². The summed E-state index contributed by atoms with van der Waals surface area (Å²) in [5.41, 5.74) is 4.70. The summed E-state index contributed by atoms with van der Waals surface area (Å²) in [5, 5.41) is 0.993. The lowest BCUT2D eigenvalue weighted by atomic mass is 9.96. The molecule has 1 saturated heterocycles. The predicted molar refractivity (Wildman–Crippen MR) is 166 cm³/mol. The molecule has 1 aromatic heterocycles. The molecule has 5 rings (SSSR count). The molecule has 5 nitrogen and oxygen atoms in total. The average molecular weight is 557 g/mol. The zero-order valence-corrected chi connectivity index (χ0v) is 25.0. The van der Waals surface area contributed by atoms with Gasteiger partial charge in [0.25, 0.3) is 0 Å². The number of likely N-dealkylation sites (tertiary alicyclic amines) is 1. The summed E-state index contributed by atoms with van der Waals surface area (Å²) < 4.78 is 12.9. The Balaban J connectivity index is 1.44. The van der Waals surface area contributed by atoms with E-state index >= 15 is 0 Å². The third kappa shape index (κ3) is 6.25. The number of thiophene rings is 1. The Kier molecular flexibility index (Phi) is 9.20. The van der Waals surface area contributed by atoms with Crippen LogP contribution in [0.15, 0.2) is 60.7 Å². The topological polar surface area (TPSA) is 42.0 Å². The van der Waals surface area contributed by atoms with Crippen molar-refractivity contribution in [2.45, 2.75) is 40.2 Å². The van der Waals surface area contributed by atoms with Gasteiger partial charge in [-0.2, -0.15) is 0 Å². The second kappa shape index (κ2) is 13.0. The molecule has 0 amide bonds. The minimum atomic E-state index is 0.0173. The van der Waals surface area contributed by atoms with E-state index in [9.17, 15) is 4.79 Å². The fourth-order valence-corrected chi connectivity index (χ4v) is 6.79. The molecule has 40 heavy (non-hydrogen) atoms. The largest absolute Gasteiger partial charge is 0.496 e. The molecular formula is C34H40N2O3S. The van der Waals surface area contributed by atoms with Gasteiger partial charge in [-0.15, -0.1) is 11.3 Å². The Morgan fingerprint density at radius 1 is 0.975 bits per heavy atom. The van der Waals surface area contributed by atoms with E-state index in [0.717, 1.165) is 69.3 Å². The first-order chi connectivity index (χ1) is 19.5.